The van der Waals surface area contributed by atoms with Crippen LogP contribution in [0.25, 0.3) is 21.9 Å². The molecule has 6 nitrogen and oxygen atoms in total. The van der Waals surface area contributed by atoms with Crippen molar-refractivity contribution in [3.05, 3.63) is 42.9 Å². The highest BCUT2D eigenvalue weighted by Gasteiger charge is 2.28. The van der Waals surface area contributed by atoms with Crippen LogP contribution in [-0.4, -0.2) is 50.9 Å². The van der Waals surface area contributed by atoms with Crippen LogP contribution in [0, 0.1) is 5.92 Å². The Kier molecular flexibility index (Phi) is 5.56. The summed E-state index contributed by atoms with van der Waals surface area (Å²) in [6.45, 7) is 5.08. The molecule has 1 aliphatic heterocycles. The van der Waals surface area contributed by atoms with Crippen molar-refractivity contribution >= 4 is 22.5 Å². The lowest BCUT2D eigenvalue weighted by Gasteiger charge is -2.33. The molecule has 30 heavy (non-hydrogen) atoms. The lowest BCUT2D eigenvalue weighted by atomic mass is 9.95. The second-order valence-corrected chi connectivity index (χ2v) is 8.79. The standard InChI is InChI=1S/C23H28FN5O/c1-23(2,24)15-29-8-6-16(7-9-29)22(30)27-21-11-19-10-17(4-5-18(19)12-25-21)20-13-26-28(3)14-20/h4-5,10-14,16H,6-9,15H2,1-3H3,(H,25,27,30). The van der Waals surface area contributed by atoms with Crippen molar-refractivity contribution in [3.63, 3.8) is 0 Å². The molecule has 0 aliphatic carbocycles. The fourth-order valence-electron chi connectivity index (χ4n) is 4.07. The van der Waals surface area contributed by atoms with Crippen molar-refractivity contribution in [2.24, 2.45) is 13.0 Å². The van der Waals surface area contributed by atoms with Crippen molar-refractivity contribution in [2.45, 2.75) is 32.4 Å². The fraction of sp³-hybridized carbons (Fsp3) is 0.435. The molecule has 3 aromatic rings. The zero-order valence-electron chi connectivity index (χ0n) is 17.7. The minimum Gasteiger partial charge on any atom is -0.310 e. The number of nitrogens with zero attached hydrogens (tertiary/aromatic N) is 4. The topological polar surface area (TPSA) is 63.1 Å². The van der Waals surface area contributed by atoms with Gasteiger partial charge >= 0.3 is 0 Å². The molecular formula is C23H28FN5O. The Morgan fingerprint density at radius 2 is 1.93 bits per heavy atom. The van der Waals surface area contributed by atoms with E-state index in [2.05, 4.69) is 26.4 Å². The number of fused-ring (bicyclic) bond motifs is 1. The normalized spacial score (nSPS) is 16.1. The first-order valence-corrected chi connectivity index (χ1v) is 10.4. The maximum absolute atomic E-state index is 13.8. The first-order valence-electron chi connectivity index (χ1n) is 10.4. The van der Waals surface area contributed by atoms with Gasteiger partial charge in [0, 0.05) is 42.9 Å². The van der Waals surface area contributed by atoms with Crippen LogP contribution in [-0.2, 0) is 11.8 Å². The molecule has 1 aliphatic rings. The number of aryl methyl sites for hydroxylation is 1. The Labute approximate surface area is 176 Å². The summed E-state index contributed by atoms with van der Waals surface area (Å²) in [5.74, 6) is 0.482. The molecule has 158 valence electrons. The quantitative estimate of drug-likeness (QED) is 0.691. The molecule has 0 spiro atoms. The van der Waals surface area contributed by atoms with Crippen molar-refractivity contribution in [1.82, 2.24) is 19.7 Å². The number of aromatic nitrogens is 3. The van der Waals surface area contributed by atoms with E-state index in [0.29, 0.717) is 12.4 Å². The number of benzene rings is 1. The molecule has 0 unspecified atom stereocenters. The molecule has 1 saturated heterocycles. The van der Waals surface area contributed by atoms with Crippen molar-refractivity contribution < 1.29 is 9.18 Å². The fourth-order valence-corrected chi connectivity index (χ4v) is 4.07. The molecular weight excluding hydrogens is 381 g/mol. The molecule has 3 heterocycles. The van der Waals surface area contributed by atoms with Gasteiger partial charge in [-0.3, -0.25) is 9.48 Å². The minimum atomic E-state index is -1.21. The maximum Gasteiger partial charge on any atom is 0.228 e. The molecule has 1 amide bonds. The van der Waals surface area contributed by atoms with Gasteiger partial charge in [-0.2, -0.15) is 5.10 Å². The number of hydrogen-bond donors (Lipinski definition) is 1. The molecule has 0 radical (unpaired) electrons. The summed E-state index contributed by atoms with van der Waals surface area (Å²) >= 11 is 0. The van der Waals surface area contributed by atoms with E-state index in [-0.39, 0.29) is 11.8 Å². The zero-order valence-corrected chi connectivity index (χ0v) is 17.7. The average molecular weight is 410 g/mol. The van der Waals surface area contributed by atoms with Gasteiger partial charge in [-0.25, -0.2) is 9.37 Å². The van der Waals surface area contributed by atoms with Crippen LogP contribution in [0.15, 0.2) is 42.9 Å². The van der Waals surface area contributed by atoms with Gasteiger partial charge < -0.3 is 10.2 Å². The number of carbonyl (C=O) groups excluding carboxylic acids is 1. The Hall–Kier alpha value is -2.80. The number of carbonyl (C=O) groups is 1. The van der Waals surface area contributed by atoms with Crippen molar-refractivity contribution in [2.75, 3.05) is 25.0 Å². The van der Waals surface area contributed by atoms with Gasteiger partial charge in [0.05, 0.1) is 6.20 Å². The monoisotopic (exact) mass is 409 g/mol. The third-order valence-electron chi connectivity index (χ3n) is 5.57. The number of amides is 1. The molecule has 0 atom stereocenters. The first-order chi connectivity index (χ1) is 14.3. The maximum atomic E-state index is 13.8. The second kappa shape index (κ2) is 8.14. The Morgan fingerprint density at radius 3 is 2.60 bits per heavy atom. The highest BCUT2D eigenvalue weighted by atomic mass is 19.1. The summed E-state index contributed by atoms with van der Waals surface area (Å²) in [7, 11) is 1.89. The number of rotatable bonds is 5. The van der Waals surface area contributed by atoms with Gasteiger partial charge in [-0.1, -0.05) is 12.1 Å². The Bertz CT molecular complexity index is 1050. The zero-order chi connectivity index (χ0) is 21.3. The molecule has 7 heteroatoms. The molecule has 1 fully saturated rings. The van der Waals surface area contributed by atoms with Crippen molar-refractivity contribution in [1.29, 1.82) is 0 Å². The number of alkyl halides is 1. The van der Waals surface area contributed by atoms with E-state index in [9.17, 15) is 9.18 Å². The van der Waals surface area contributed by atoms with Crippen LogP contribution in [0.1, 0.15) is 26.7 Å². The molecule has 1 N–H and O–H groups in total. The van der Waals surface area contributed by atoms with Crippen LogP contribution in [0.2, 0.25) is 0 Å². The molecule has 2 aromatic heterocycles. The van der Waals surface area contributed by atoms with Gasteiger partial charge in [0.15, 0.2) is 0 Å². The van der Waals surface area contributed by atoms with Crippen LogP contribution in [0.5, 0.6) is 0 Å². The second-order valence-electron chi connectivity index (χ2n) is 8.79. The Balaban J connectivity index is 1.43. The first kappa shape index (κ1) is 20.5. The number of halogens is 1. The van der Waals surface area contributed by atoms with Gasteiger partial charge in [0.1, 0.15) is 11.5 Å². The van der Waals surface area contributed by atoms with Gasteiger partial charge in [0.2, 0.25) is 5.91 Å². The number of nitrogens with one attached hydrogen (secondary N) is 1. The molecule has 0 saturated carbocycles. The summed E-state index contributed by atoms with van der Waals surface area (Å²) in [6.07, 6.45) is 7.06. The predicted octanol–water partition coefficient (Wildman–Crippen LogP) is 4.03. The van der Waals surface area contributed by atoms with Gasteiger partial charge in [-0.05, 0) is 62.9 Å². The van der Waals surface area contributed by atoms with E-state index in [0.717, 1.165) is 47.8 Å². The van der Waals surface area contributed by atoms with Crippen LogP contribution in [0.3, 0.4) is 0 Å². The predicted molar refractivity (Wildman–Crippen MR) is 117 cm³/mol. The average Bonchev–Trinajstić information content (AvgIpc) is 3.13. The van der Waals surface area contributed by atoms with E-state index in [1.165, 1.54) is 0 Å². The van der Waals surface area contributed by atoms with Gasteiger partial charge in [-0.15, -0.1) is 0 Å². The third kappa shape index (κ3) is 4.84. The number of likely N-dealkylation sites (tertiary alicyclic amines) is 1. The summed E-state index contributed by atoms with van der Waals surface area (Å²) in [5, 5.41) is 9.23. The molecule has 1 aromatic carbocycles. The lowest BCUT2D eigenvalue weighted by Crippen LogP contribution is -2.43. The number of pyridine rings is 1. The summed E-state index contributed by atoms with van der Waals surface area (Å²) in [4.78, 5) is 19.2. The van der Waals surface area contributed by atoms with E-state index >= 15 is 0 Å². The summed E-state index contributed by atoms with van der Waals surface area (Å²) in [6, 6.07) is 8.07. The third-order valence-corrected chi connectivity index (χ3v) is 5.57. The van der Waals surface area contributed by atoms with E-state index < -0.39 is 5.67 Å². The molecule has 4 rings (SSSR count). The number of hydrogen-bond acceptors (Lipinski definition) is 4. The van der Waals surface area contributed by atoms with Crippen molar-refractivity contribution in [3.8, 4) is 11.1 Å². The summed E-state index contributed by atoms with van der Waals surface area (Å²) in [5.41, 5.74) is 0.908. The van der Waals surface area contributed by atoms with E-state index in [1.807, 2.05) is 37.6 Å². The smallest absolute Gasteiger partial charge is 0.228 e. The van der Waals surface area contributed by atoms with Crippen LogP contribution in [0.4, 0.5) is 10.2 Å². The van der Waals surface area contributed by atoms with Gasteiger partial charge in [0.25, 0.3) is 0 Å². The highest BCUT2D eigenvalue weighted by molar-refractivity contribution is 5.95. The summed E-state index contributed by atoms with van der Waals surface area (Å²) < 4.78 is 15.6. The SMILES string of the molecule is Cn1cc(-c2ccc3cnc(NC(=O)C4CCN(CC(C)(C)F)CC4)cc3c2)cn1. The number of piperidine rings is 1. The largest absolute Gasteiger partial charge is 0.310 e. The Morgan fingerprint density at radius 1 is 1.17 bits per heavy atom. The highest BCUT2D eigenvalue weighted by Crippen LogP contribution is 2.26. The number of anilines is 1. The molecule has 0 bridgehead atoms. The minimum absolute atomic E-state index is 0.00979. The van der Waals surface area contributed by atoms with E-state index in [1.54, 1.807) is 24.7 Å². The van der Waals surface area contributed by atoms with E-state index in [4.69, 9.17) is 0 Å². The lowest BCUT2D eigenvalue weighted by molar-refractivity contribution is -0.121. The van der Waals surface area contributed by atoms with Crippen LogP contribution < -0.4 is 5.32 Å². The van der Waals surface area contributed by atoms with Crippen LogP contribution >= 0.6 is 0 Å².